The van der Waals surface area contributed by atoms with Crippen LogP contribution in [0.3, 0.4) is 0 Å². The molecule has 0 atom stereocenters. The fourth-order valence-electron chi connectivity index (χ4n) is 1.82. The van der Waals surface area contributed by atoms with E-state index in [9.17, 15) is 0 Å². The van der Waals surface area contributed by atoms with Crippen molar-refractivity contribution in [3.05, 3.63) is 101 Å². The van der Waals surface area contributed by atoms with Crippen LogP contribution in [0.15, 0.2) is 100 Å². The topological polar surface area (TPSA) is 73.5 Å². The van der Waals surface area contributed by atoms with Gasteiger partial charge in [-0.25, -0.2) is 0 Å². The third kappa shape index (κ3) is 5.75. The number of benzene rings is 3. The normalized spacial score (nSPS) is 9.71. The lowest BCUT2D eigenvalue weighted by molar-refractivity contribution is 1.22. The highest BCUT2D eigenvalue weighted by Crippen LogP contribution is 2.28. The SMILES string of the molecule is Cc1ccccc1.[N-]=[N+]=Nc1ccccc1N=Nc1ccccc1. The second kappa shape index (κ2) is 9.56. The molecule has 0 radical (unpaired) electrons. The third-order valence-electron chi connectivity index (χ3n) is 3.00. The molecule has 0 aromatic heterocycles. The highest BCUT2D eigenvalue weighted by atomic mass is 15.2. The van der Waals surface area contributed by atoms with E-state index in [1.54, 1.807) is 18.2 Å². The van der Waals surface area contributed by atoms with Crippen LogP contribution < -0.4 is 0 Å². The molecule has 24 heavy (non-hydrogen) atoms. The van der Waals surface area contributed by atoms with Crippen LogP contribution in [0.25, 0.3) is 10.4 Å². The van der Waals surface area contributed by atoms with Gasteiger partial charge < -0.3 is 0 Å². The number of azo groups is 1. The van der Waals surface area contributed by atoms with Crippen molar-refractivity contribution in [1.82, 2.24) is 0 Å². The lowest BCUT2D eigenvalue weighted by Crippen LogP contribution is -1.66. The summed E-state index contributed by atoms with van der Waals surface area (Å²) in [7, 11) is 0. The molecule has 3 rings (SSSR count). The maximum atomic E-state index is 8.42. The molecule has 5 heteroatoms. The molecule has 0 aliphatic rings. The Kier molecular flexibility index (Phi) is 6.74. The minimum atomic E-state index is 0.467. The average molecular weight is 315 g/mol. The Morgan fingerprint density at radius 1 is 0.667 bits per heavy atom. The van der Waals surface area contributed by atoms with Gasteiger partial charge in [-0.2, -0.15) is 10.2 Å². The number of nitrogens with zero attached hydrogens (tertiary/aromatic N) is 5. The number of aryl methyl sites for hydroxylation is 1. The predicted octanol–water partition coefficient (Wildman–Crippen LogP) is 7.04. The first-order chi connectivity index (χ1) is 11.8. The van der Waals surface area contributed by atoms with Crippen LogP contribution in [-0.4, -0.2) is 0 Å². The molecule has 0 saturated heterocycles. The highest BCUT2D eigenvalue weighted by molar-refractivity contribution is 5.60. The van der Waals surface area contributed by atoms with E-state index in [2.05, 4.69) is 39.3 Å². The first kappa shape index (κ1) is 16.9. The third-order valence-corrected chi connectivity index (χ3v) is 3.00. The van der Waals surface area contributed by atoms with Gasteiger partial charge in [0.15, 0.2) is 0 Å². The van der Waals surface area contributed by atoms with E-state index in [-0.39, 0.29) is 0 Å². The minimum absolute atomic E-state index is 0.467. The van der Waals surface area contributed by atoms with Crippen molar-refractivity contribution < 1.29 is 0 Å². The molecular formula is C19H17N5. The molecule has 0 aliphatic carbocycles. The Hall–Kier alpha value is -3.43. The summed E-state index contributed by atoms with van der Waals surface area (Å²) in [5.74, 6) is 0. The zero-order valence-corrected chi connectivity index (χ0v) is 13.3. The van der Waals surface area contributed by atoms with Gasteiger partial charge in [0, 0.05) is 4.91 Å². The molecule has 0 aliphatic heterocycles. The van der Waals surface area contributed by atoms with Gasteiger partial charge in [-0.15, -0.1) is 0 Å². The van der Waals surface area contributed by atoms with E-state index in [1.807, 2.05) is 54.6 Å². The summed E-state index contributed by atoms with van der Waals surface area (Å²) >= 11 is 0. The van der Waals surface area contributed by atoms with Crippen molar-refractivity contribution in [3.63, 3.8) is 0 Å². The summed E-state index contributed by atoms with van der Waals surface area (Å²) in [6.07, 6.45) is 0. The molecular weight excluding hydrogens is 298 g/mol. The van der Waals surface area contributed by atoms with Crippen molar-refractivity contribution in [1.29, 1.82) is 0 Å². The summed E-state index contributed by atoms with van der Waals surface area (Å²) in [6, 6.07) is 26.7. The smallest absolute Gasteiger partial charge is 0.0952 e. The van der Waals surface area contributed by atoms with Gasteiger partial charge in [-0.3, -0.25) is 0 Å². The standard InChI is InChI=1S/C12H9N5.C7H8/c13-17-16-12-9-5-4-8-11(12)15-14-10-6-2-1-3-7-10;1-7-5-3-2-4-6-7/h1-9H;2-6H,1H3. The number of hydrogen-bond donors (Lipinski definition) is 0. The van der Waals surface area contributed by atoms with Gasteiger partial charge in [0.25, 0.3) is 0 Å². The van der Waals surface area contributed by atoms with Gasteiger partial charge in [0.1, 0.15) is 0 Å². The fraction of sp³-hybridized carbons (Fsp3) is 0.0526. The van der Waals surface area contributed by atoms with Crippen molar-refractivity contribution in [2.45, 2.75) is 6.92 Å². The average Bonchev–Trinajstić information content (AvgIpc) is 2.63. The second-order valence-corrected chi connectivity index (χ2v) is 4.87. The lowest BCUT2D eigenvalue weighted by Gasteiger charge is -1.96. The van der Waals surface area contributed by atoms with E-state index in [0.29, 0.717) is 11.4 Å². The van der Waals surface area contributed by atoms with Crippen molar-refractivity contribution in [2.75, 3.05) is 0 Å². The molecule has 5 nitrogen and oxygen atoms in total. The molecule has 0 fully saturated rings. The zero-order chi connectivity index (χ0) is 17.0. The van der Waals surface area contributed by atoms with Crippen molar-refractivity contribution in [3.8, 4) is 0 Å². The van der Waals surface area contributed by atoms with Gasteiger partial charge in [0.05, 0.1) is 17.1 Å². The molecule has 0 heterocycles. The Morgan fingerprint density at radius 3 is 1.75 bits per heavy atom. The first-order valence-corrected chi connectivity index (χ1v) is 7.42. The summed E-state index contributed by atoms with van der Waals surface area (Å²) in [6.45, 7) is 2.08. The maximum absolute atomic E-state index is 8.42. The maximum Gasteiger partial charge on any atom is 0.0952 e. The molecule has 0 spiro atoms. The van der Waals surface area contributed by atoms with Crippen LogP contribution in [0.5, 0.6) is 0 Å². The fourth-order valence-corrected chi connectivity index (χ4v) is 1.82. The molecule has 0 saturated carbocycles. The lowest BCUT2D eigenvalue weighted by atomic mass is 10.2. The predicted molar refractivity (Wildman–Crippen MR) is 97.0 cm³/mol. The van der Waals surface area contributed by atoms with Gasteiger partial charge in [-0.05, 0) is 30.7 Å². The highest BCUT2D eigenvalue weighted by Gasteiger charge is 1.96. The van der Waals surface area contributed by atoms with Crippen LogP contribution in [0.2, 0.25) is 0 Å². The Labute approximate surface area is 140 Å². The summed E-state index contributed by atoms with van der Waals surface area (Å²) in [5.41, 5.74) is 11.5. The summed E-state index contributed by atoms with van der Waals surface area (Å²) in [4.78, 5) is 2.74. The van der Waals surface area contributed by atoms with E-state index >= 15 is 0 Å². The minimum Gasteiger partial charge on any atom is -0.151 e. The van der Waals surface area contributed by atoms with E-state index < -0.39 is 0 Å². The van der Waals surface area contributed by atoms with E-state index in [1.165, 1.54) is 5.56 Å². The van der Waals surface area contributed by atoms with E-state index in [4.69, 9.17) is 5.53 Å². The molecule has 0 bridgehead atoms. The van der Waals surface area contributed by atoms with Crippen LogP contribution in [0, 0.1) is 6.92 Å². The van der Waals surface area contributed by atoms with Crippen LogP contribution >= 0.6 is 0 Å². The number of rotatable bonds is 3. The number of hydrogen-bond acceptors (Lipinski definition) is 3. The summed E-state index contributed by atoms with van der Waals surface area (Å²) < 4.78 is 0. The monoisotopic (exact) mass is 315 g/mol. The molecule has 118 valence electrons. The van der Waals surface area contributed by atoms with E-state index in [0.717, 1.165) is 5.69 Å². The molecule has 0 unspecified atom stereocenters. The summed E-state index contributed by atoms with van der Waals surface area (Å²) in [5, 5.41) is 11.7. The van der Waals surface area contributed by atoms with Gasteiger partial charge in [-0.1, -0.05) is 77.4 Å². The van der Waals surface area contributed by atoms with Gasteiger partial charge in [0.2, 0.25) is 0 Å². The number of azide groups is 1. The largest absolute Gasteiger partial charge is 0.151 e. The zero-order valence-electron chi connectivity index (χ0n) is 13.3. The molecule has 0 amide bonds. The molecule has 3 aromatic rings. The Balaban J connectivity index is 0.000000249. The Morgan fingerprint density at radius 2 is 1.21 bits per heavy atom. The van der Waals surface area contributed by atoms with Crippen LogP contribution in [0.1, 0.15) is 5.56 Å². The van der Waals surface area contributed by atoms with Crippen molar-refractivity contribution in [2.24, 2.45) is 15.3 Å². The first-order valence-electron chi connectivity index (χ1n) is 7.42. The van der Waals surface area contributed by atoms with Crippen molar-refractivity contribution >= 4 is 17.1 Å². The molecule has 3 aromatic carbocycles. The van der Waals surface area contributed by atoms with Gasteiger partial charge >= 0.3 is 0 Å². The van der Waals surface area contributed by atoms with Crippen LogP contribution in [-0.2, 0) is 0 Å². The van der Waals surface area contributed by atoms with Crippen LogP contribution in [0.4, 0.5) is 17.1 Å². The Bertz CT molecular complexity index is 823. The molecule has 0 N–H and O–H groups in total. The quantitative estimate of drug-likeness (QED) is 0.282. The second-order valence-electron chi connectivity index (χ2n) is 4.87.